The molecule has 0 radical (unpaired) electrons. The fraction of sp³-hybridized carbons (Fsp3) is 0.444. The topological polar surface area (TPSA) is 79.8 Å². The zero-order valence-corrected chi connectivity index (χ0v) is 21.3. The van der Waals surface area contributed by atoms with Crippen molar-refractivity contribution in [2.24, 2.45) is 0 Å². The molecule has 1 amide bonds. The Morgan fingerprint density at radius 1 is 1.11 bits per heavy atom. The van der Waals surface area contributed by atoms with E-state index in [0.29, 0.717) is 36.0 Å². The zero-order valence-electron chi connectivity index (χ0n) is 19.8. The van der Waals surface area contributed by atoms with Gasteiger partial charge in [-0.3, -0.25) is 4.79 Å². The van der Waals surface area contributed by atoms with Crippen LogP contribution < -0.4 is 15.4 Å². The van der Waals surface area contributed by atoms with E-state index in [-0.39, 0.29) is 18.1 Å². The van der Waals surface area contributed by atoms with E-state index in [2.05, 4.69) is 22.8 Å². The summed E-state index contributed by atoms with van der Waals surface area (Å²) in [4.78, 5) is 12.7. The summed E-state index contributed by atoms with van der Waals surface area (Å²) in [5.74, 6) is 0.695. The van der Waals surface area contributed by atoms with Crippen LogP contribution >= 0.6 is 23.2 Å². The lowest BCUT2D eigenvalue weighted by Crippen LogP contribution is -2.49. The van der Waals surface area contributed by atoms with E-state index < -0.39 is 12.1 Å². The molecule has 35 heavy (non-hydrogen) atoms. The molecule has 4 rings (SSSR count). The summed E-state index contributed by atoms with van der Waals surface area (Å²) in [6.07, 6.45) is 6.28. The molecule has 2 bridgehead atoms. The van der Waals surface area contributed by atoms with Crippen molar-refractivity contribution in [2.45, 2.75) is 56.4 Å². The second-order valence-corrected chi connectivity index (χ2v) is 9.97. The van der Waals surface area contributed by atoms with Crippen molar-refractivity contribution in [1.82, 2.24) is 10.6 Å². The van der Waals surface area contributed by atoms with Gasteiger partial charge >= 0.3 is 0 Å². The van der Waals surface area contributed by atoms with Crippen molar-refractivity contribution in [3.8, 4) is 5.75 Å². The minimum Gasteiger partial charge on any atom is -0.497 e. The van der Waals surface area contributed by atoms with Gasteiger partial charge in [0, 0.05) is 29.1 Å². The van der Waals surface area contributed by atoms with Gasteiger partial charge in [0.1, 0.15) is 5.75 Å². The number of benzene rings is 2. The minimum absolute atomic E-state index is 0.00592. The molecule has 0 saturated heterocycles. The number of carbonyl (C=O) groups is 1. The Bertz CT molecular complexity index is 1040. The van der Waals surface area contributed by atoms with Crippen molar-refractivity contribution < 1.29 is 19.4 Å². The molecular weight excluding hydrogens is 487 g/mol. The van der Waals surface area contributed by atoms with Crippen LogP contribution in [0.4, 0.5) is 0 Å². The largest absolute Gasteiger partial charge is 0.497 e. The van der Waals surface area contributed by atoms with Crippen LogP contribution in [0.2, 0.25) is 10.0 Å². The molecule has 4 atom stereocenters. The second kappa shape index (κ2) is 12.2. The highest BCUT2D eigenvalue weighted by molar-refractivity contribution is 6.34. The first-order valence-corrected chi connectivity index (χ1v) is 12.8. The summed E-state index contributed by atoms with van der Waals surface area (Å²) in [6.45, 7) is 0.815. The van der Waals surface area contributed by atoms with Crippen LogP contribution in [-0.2, 0) is 16.0 Å². The van der Waals surface area contributed by atoms with E-state index in [9.17, 15) is 9.90 Å². The number of amides is 1. The third-order valence-corrected chi connectivity index (χ3v) is 7.00. The Kier molecular flexibility index (Phi) is 9.09. The van der Waals surface area contributed by atoms with Gasteiger partial charge in [-0.15, -0.1) is 0 Å². The van der Waals surface area contributed by atoms with Crippen molar-refractivity contribution >= 4 is 29.1 Å². The molecule has 2 aromatic rings. The summed E-state index contributed by atoms with van der Waals surface area (Å²) >= 11 is 12.4. The maximum absolute atomic E-state index is 12.7. The molecule has 3 N–H and O–H groups in total. The normalized spacial score (nSPS) is 25.7. The first kappa shape index (κ1) is 26.0. The number of β-amino-alcohol motifs (C(OH)–C–C–N with tert-alkyl or cyclic N) is 1. The number of carbonyl (C=O) groups excluding carboxylic acids is 1. The van der Waals surface area contributed by atoms with Crippen LogP contribution in [-0.4, -0.2) is 43.4 Å². The average Bonchev–Trinajstić information content (AvgIpc) is 3.17. The zero-order chi connectivity index (χ0) is 24.8. The number of ether oxygens (including phenoxy) is 2. The highest BCUT2D eigenvalue weighted by atomic mass is 35.5. The van der Waals surface area contributed by atoms with Crippen LogP contribution in [0.1, 0.15) is 54.5 Å². The molecule has 0 aromatic heterocycles. The van der Waals surface area contributed by atoms with Gasteiger partial charge in [0.2, 0.25) is 5.91 Å². The van der Waals surface area contributed by atoms with Crippen molar-refractivity contribution in [2.75, 3.05) is 20.3 Å². The van der Waals surface area contributed by atoms with Crippen molar-refractivity contribution in [3.05, 3.63) is 75.3 Å². The summed E-state index contributed by atoms with van der Waals surface area (Å²) in [6, 6.07) is 10.8. The summed E-state index contributed by atoms with van der Waals surface area (Å²) < 4.78 is 11.6. The van der Waals surface area contributed by atoms with Crippen LogP contribution in [0, 0.1) is 0 Å². The Labute approximate surface area is 216 Å². The fourth-order valence-electron chi connectivity index (χ4n) is 4.78. The highest BCUT2D eigenvalue weighted by Crippen LogP contribution is 2.42. The van der Waals surface area contributed by atoms with Gasteiger partial charge in [0.05, 0.1) is 32.0 Å². The fourth-order valence-corrected chi connectivity index (χ4v) is 5.35. The maximum atomic E-state index is 12.7. The van der Waals surface area contributed by atoms with Gasteiger partial charge in [-0.05, 0) is 72.7 Å². The van der Waals surface area contributed by atoms with Gasteiger partial charge in [0.15, 0.2) is 0 Å². The Morgan fingerprint density at radius 2 is 1.91 bits per heavy atom. The molecule has 0 unspecified atom stereocenters. The third kappa shape index (κ3) is 6.99. The summed E-state index contributed by atoms with van der Waals surface area (Å²) in [5.41, 5.74) is 3.10. The van der Waals surface area contributed by atoms with E-state index in [4.69, 9.17) is 32.7 Å². The Balaban J connectivity index is 1.56. The quantitative estimate of drug-likeness (QED) is 0.502. The van der Waals surface area contributed by atoms with Crippen LogP contribution in [0.15, 0.2) is 48.6 Å². The van der Waals surface area contributed by atoms with Crippen molar-refractivity contribution in [3.63, 3.8) is 0 Å². The lowest BCUT2D eigenvalue weighted by molar-refractivity contribution is -0.122. The minimum atomic E-state index is -0.821. The second-order valence-electron chi connectivity index (χ2n) is 9.10. The lowest BCUT2D eigenvalue weighted by Gasteiger charge is -2.26. The van der Waals surface area contributed by atoms with Gasteiger partial charge in [-0.2, -0.15) is 0 Å². The van der Waals surface area contributed by atoms with Crippen LogP contribution in [0.25, 0.3) is 0 Å². The number of hydrogen-bond acceptors (Lipinski definition) is 5. The lowest BCUT2D eigenvalue weighted by atomic mass is 10.00. The first-order valence-electron chi connectivity index (χ1n) is 12.0. The van der Waals surface area contributed by atoms with Gasteiger partial charge < -0.3 is 25.2 Å². The van der Waals surface area contributed by atoms with E-state index in [1.165, 1.54) is 0 Å². The number of rotatable bonds is 3. The standard InChI is InChI=1S/C27H32Cl2N2O4/c1-34-20-7-8-21-22(14-20)23-15-26(21)35-9-5-3-2-4-6-27(33)31-24(25(32)16-30-23)12-17-10-18(28)13-19(29)11-17/h3,5,7-8,10-11,13-14,23-26,30,32H,2,4,6,9,12,15-16H2,1H3,(H,31,33)/t23-,24-,25+,26+/m0/s1. The van der Waals surface area contributed by atoms with E-state index in [1.54, 1.807) is 13.2 Å². The van der Waals surface area contributed by atoms with Gasteiger partial charge in [-0.1, -0.05) is 41.4 Å². The van der Waals surface area contributed by atoms with Gasteiger partial charge in [0.25, 0.3) is 0 Å². The maximum Gasteiger partial charge on any atom is 0.220 e. The third-order valence-electron chi connectivity index (χ3n) is 6.56. The molecule has 2 aromatic carbocycles. The number of allylic oxidation sites excluding steroid dienone is 1. The number of methoxy groups -OCH3 is 1. The van der Waals surface area contributed by atoms with E-state index >= 15 is 0 Å². The predicted octanol–water partition coefficient (Wildman–Crippen LogP) is 4.92. The molecule has 1 aliphatic heterocycles. The number of halogens is 2. The highest BCUT2D eigenvalue weighted by Gasteiger charge is 2.33. The molecule has 0 spiro atoms. The monoisotopic (exact) mass is 518 g/mol. The van der Waals surface area contributed by atoms with E-state index in [0.717, 1.165) is 41.7 Å². The van der Waals surface area contributed by atoms with Gasteiger partial charge in [-0.25, -0.2) is 0 Å². The molecule has 2 aliphatic rings. The molecule has 188 valence electrons. The molecule has 0 fully saturated rings. The number of hydrogen-bond donors (Lipinski definition) is 3. The van der Waals surface area contributed by atoms with Crippen LogP contribution in [0.5, 0.6) is 5.75 Å². The number of fused-ring (bicyclic) bond motifs is 5. The Morgan fingerprint density at radius 3 is 2.69 bits per heavy atom. The predicted molar refractivity (Wildman–Crippen MR) is 138 cm³/mol. The number of nitrogens with one attached hydrogen (secondary N) is 2. The SMILES string of the molecule is COc1ccc2c(c1)[C@@H]1C[C@H]2OCC=CCCCC(=O)N[C@@H](Cc2cc(Cl)cc(Cl)c2)[C@H](O)CN1. The average molecular weight is 519 g/mol. The number of aliphatic hydroxyl groups excluding tert-OH is 1. The molecule has 1 heterocycles. The smallest absolute Gasteiger partial charge is 0.220 e. The van der Waals surface area contributed by atoms with E-state index in [1.807, 2.05) is 30.3 Å². The molecule has 1 aliphatic carbocycles. The van der Waals surface area contributed by atoms with Crippen LogP contribution in [0.3, 0.4) is 0 Å². The molecule has 6 nitrogen and oxygen atoms in total. The molecule has 0 saturated carbocycles. The number of aliphatic hydroxyl groups is 1. The summed E-state index contributed by atoms with van der Waals surface area (Å²) in [7, 11) is 1.65. The Hall–Kier alpha value is -2.09. The summed E-state index contributed by atoms with van der Waals surface area (Å²) in [5, 5.41) is 18.7. The molecular formula is C27H32Cl2N2O4. The first-order chi connectivity index (χ1) is 16.9. The van der Waals surface area contributed by atoms with Crippen molar-refractivity contribution in [1.29, 1.82) is 0 Å². The molecule has 8 heteroatoms.